The Morgan fingerprint density at radius 3 is 0.940 bits per heavy atom. The highest BCUT2D eigenvalue weighted by atomic mass is 16.6. The lowest BCUT2D eigenvalue weighted by atomic mass is 10.1. The summed E-state index contributed by atoms with van der Waals surface area (Å²) in [6.45, 7) is 6.55. The summed E-state index contributed by atoms with van der Waals surface area (Å²) in [5, 5.41) is 0. The highest BCUT2D eigenvalue weighted by molar-refractivity contribution is 5.71. The van der Waals surface area contributed by atoms with Crippen LogP contribution in [0.1, 0.15) is 278 Å². The Hall–Kier alpha value is -3.15. The number of hydrogen-bond acceptors (Lipinski definition) is 6. The van der Waals surface area contributed by atoms with Crippen molar-refractivity contribution in [1.29, 1.82) is 0 Å². The van der Waals surface area contributed by atoms with Gasteiger partial charge in [-0.05, 0) is 109 Å². The SMILES string of the molecule is CCCCC/C=C\C/C=C\C/C=C\C/C=C\CCCC(=O)O[C@H](COC(=O)CCCCCCC/C=C\CCCCCC)COC(=O)CCCCCCCCC/C=C\CCCCCCCCCC. The fourth-order valence-electron chi connectivity index (χ4n) is 7.84. The molecule has 0 bridgehead atoms. The molecule has 0 heterocycles. The minimum Gasteiger partial charge on any atom is -0.462 e. The first kappa shape index (κ1) is 63.8. The first-order valence-electron chi connectivity index (χ1n) is 28.4. The normalized spacial score (nSPS) is 12.6. The van der Waals surface area contributed by atoms with Crippen LogP contribution in [0.5, 0.6) is 0 Å². The summed E-state index contributed by atoms with van der Waals surface area (Å²) in [6, 6.07) is 0. The Balaban J connectivity index is 4.45. The molecule has 0 fully saturated rings. The van der Waals surface area contributed by atoms with Gasteiger partial charge in [-0.3, -0.25) is 14.4 Å². The molecule has 0 rings (SSSR count). The minimum atomic E-state index is -0.809. The number of esters is 3. The lowest BCUT2D eigenvalue weighted by Gasteiger charge is -2.18. The van der Waals surface area contributed by atoms with Crippen LogP contribution >= 0.6 is 0 Å². The Morgan fingerprint density at radius 1 is 0.299 bits per heavy atom. The molecule has 0 saturated heterocycles. The van der Waals surface area contributed by atoms with Crippen molar-refractivity contribution in [2.24, 2.45) is 0 Å². The van der Waals surface area contributed by atoms with E-state index in [1.807, 2.05) is 0 Å². The second kappa shape index (κ2) is 55.4. The minimum absolute atomic E-state index is 0.101. The van der Waals surface area contributed by atoms with E-state index in [9.17, 15) is 14.4 Å². The quantitative estimate of drug-likeness (QED) is 0.0262. The first-order valence-corrected chi connectivity index (χ1v) is 28.4. The van der Waals surface area contributed by atoms with Crippen LogP contribution in [0.2, 0.25) is 0 Å². The molecule has 0 aromatic rings. The predicted octanol–water partition coefficient (Wildman–Crippen LogP) is 19.0. The smallest absolute Gasteiger partial charge is 0.306 e. The highest BCUT2D eigenvalue weighted by Crippen LogP contribution is 2.14. The van der Waals surface area contributed by atoms with Crippen molar-refractivity contribution in [3.05, 3.63) is 72.9 Å². The average Bonchev–Trinajstić information content (AvgIpc) is 3.33. The molecule has 0 unspecified atom stereocenters. The van der Waals surface area contributed by atoms with Gasteiger partial charge in [-0.25, -0.2) is 0 Å². The van der Waals surface area contributed by atoms with Crippen LogP contribution in [0.3, 0.4) is 0 Å². The van der Waals surface area contributed by atoms with Crippen LogP contribution in [0.4, 0.5) is 0 Å². The zero-order valence-electron chi connectivity index (χ0n) is 44.2. The number of allylic oxidation sites excluding steroid dienone is 12. The molecular formula is C61H106O6. The van der Waals surface area contributed by atoms with E-state index in [0.29, 0.717) is 19.3 Å². The fraction of sp³-hybridized carbons (Fsp3) is 0.754. The standard InChI is InChI=1S/C61H106O6/c1-4-7-10-13-16-19-22-25-27-29-30-32-33-36-39-42-45-48-51-54-60(63)66-57-58(56-65-59(62)53-50-47-44-41-38-35-24-21-18-15-12-9-6-3)67-61(64)55-52-49-46-43-40-37-34-31-28-26-23-20-17-14-11-8-5-2/h17,20-21,24,26,28-30,34,37,43,46,58H,4-16,18-19,22-23,25,27,31-33,35-36,38-42,44-45,47-57H2,1-3H3/b20-17-,24-21-,28-26-,30-29-,37-34-,46-43-/t58-/m1/s1. The number of carbonyl (C=O) groups excluding carboxylic acids is 3. The molecule has 0 spiro atoms. The Kier molecular flexibility index (Phi) is 52.8. The first-order chi connectivity index (χ1) is 33.0. The second-order valence-corrected chi connectivity index (χ2v) is 18.8. The molecule has 0 saturated carbocycles. The molecule has 67 heavy (non-hydrogen) atoms. The Labute approximate surface area is 414 Å². The summed E-state index contributed by atoms with van der Waals surface area (Å²) >= 11 is 0. The monoisotopic (exact) mass is 935 g/mol. The molecule has 6 heteroatoms. The summed E-state index contributed by atoms with van der Waals surface area (Å²) in [6.07, 6.45) is 70.4. The molecule has 0 radical (unpaired) electrons. The lowest BCUT2D eigenvalue weighted by Crippen LogP contribution is -2.30. The lowest BCUT2D eigenvalue weighted by molar-refractivity contribution is -0.167. The van der Waals surface area contributed by atoms with Crippen molar-refractivity contribution in [3.8, 4) is 0 Å². The van der Waals surface area contributed by atoms with Gasteiger partial charge in [-0.2, -0.15) is 0 Å². The van der Waals surface area contributed by atoms with Crippen LogP contribution in [-0.2, 0) is 28.6 Å². The molecule has 0 aliphatic rings. The van der Waals surface area contributed by atoms with E-state index in [1.165, 1.54) is 161 Å². The van der Waals surface area contributed by atoms with Crippen molar-refractivity contribution in [2.75, 3.05) is 13.2 Å². The summed E-state index contributed by atoms with van der Waals surface area (Å²) in [5.74, 6) is -0.965. The predicted molar refractivity (Wildman–Crippen MR) is 288 cm³/mol. The van der Waals surface area contributed by atoms with Crippen LogP contribution in [0, 0.1) is 0 Å². The molecule has 6 nitrogen and oxygen atoms in total. The van der Waals surface area contributed by atoms with E-state index in [-0.39, 0.29) is 37.5 Å². The van der Waals surface area contributed by atoms with Gasteiger partial charge < -0.3 is 14.2 Å². The van der Waals surface area contributed by atoms with Crippen molar-refractivity contribution in [3.63, 3.8) is 0 Å². The van der Waals surface area contributed by atoms with Gasteiger partial charge in [0.15, 0.2) is 6.10 Å². The summed E-state index contributed by atoms with van der Waals surface area (Å²) in [5.41, 5.74) is 0. The highest BCUT2D eigenvalue weighted by Gasteiger charge is 2.19. The van der Waals surface area contributed by atoms with Crippen molar-refractivity contribution < 1.29 is 28.6 Å². The molecule has 1 atom stereocenters. The number of rotatable bonds is 51. The fourth-order valence-corrected chi connectivity index (χ4v) is 7.84. The number of hydrogen-bond donors (Lipinski definition) is 0. The largest absolute Gasteiger partial charge is 0.462 e. The molecular weight excluding hydrogens is 829 g/mol. The van der Waals surface area contributed by atoms with Gasteiger partial charge in [0.05, 0.1) is 0 Å². The van der Waals surface area contributed by atoms with E-state index >= 15 is 0 Å². The summed E-state index contributed by atoms with van der Waals surface area (Å²) < 4.78 is 16.8. The van der Waals surface area contributed by atoms with Gasteiger partial charge in [0.1, 0.15) is 13.2 Å². The van der Waals surface area contributed by atoms with Gasteiger partial charge in [-0.1, -0.05) is 222 Å². The van der Waals surface area contributed by atoms with E-state index in [1.54, 1.807) is 0 Å². The van der Waals surface area contributed by atoms with Crippen molar-refractivity contribution >= 4 is 17.9 Å². The van der Waals surface area contributed by atoms with Gasteiger partial charge in [-0.15, -0.1) is 0 Å². The molecule has 0 amide bonds. The van der Waals surface area contributed by atoms with E-state index in [0.717, 1.165) is 70.6 Å². The molecule has 0 aromatic carbocycles. The molecule has 0 aliphatic heterocycles. The van der Waals surface area contributed by atoms with Gasteiger partial charge in [0.2, 0.25) is 0 Å². The van der Waals surface area contributed by atoms with E-state index in [2.05, 4.69) is 93.7 Å². The van der Waals surface area contributed by atoms with Gasteiger partial charge >= 0.3 is 17.9 Å². The molecule has 386 valence electrons. The Bertz CT molecular complexity index is 1260. The van der Waals surface area contributed by atoms with Crippen molar-refractivity contribution in [1.82, 2.24) is 0 Å². The third-order valence-corrected chi connectivity index (χ3v) is 12.2. The summed E-state index contributed by atoms with van der Waals surface area (Å²) in [4.78, 5) is 38.1. The topological polar surface area (TPSA) is 78.9 Å². The van der Waals surface area contributed by atoms with E-state index in [4.69, 9.17) is 14.2 Å². The maximum absolute atomic E-state index is 12.8. The van der Waals surface area contributed by atoms with Gasteiger partial charge in [0, 0.05) is 19.3 Å². The third kappa shape index (κ3) is 53.7. The zero-order valence-corrected chi connectivity index (χ0v) is 44.2. The Morgan fingerprint density at radius 2 is 0.552 bits per heavy atom. The van der Waals surface area contributed by atoms with Crippen molar-refractivity contribution in [2.45, 2.75) is 284 Å². The third-order valence-electron chi connectivity index (χ3n) is 12.2. The average molecular weight is 936 g/mol. The summed E-state index contributed by atoms with van der Waals surface area (Å²) in [7, 11) is 0. The van der Waals surface area contributed by atoms with E-state index < -0.39 is 6.10 Å². The maximum atomic E-state index is 12.8. The van der Waals surface area contributed by atoms with Crippen LogP contribution in [0.15, 0.2) is 72.9 Å². The molecule has 0 aliphatic carbocycles. The van der Waals surface area contributed by atoms with Gasteiger partial charge in [0.25, 0.3) is 0 Å². The van der Waals surface area contributed by atoms with Crippen LogP contribution in [0.25, 0.3) is 0 Å². The second-order valence-electron chi connectivity index (χ2n) is 18.8. The van der Waals surface area contributed by atoms with Crippen LogP contribution in [-0.4, -0.2) is 37.2 Å². The number of carbonyl (C=O) groups is 3. The molecule has 0 aromatic heterocycles. The maximum Gasteiger partial charge on any atom is 0.306 e. The zero-order chi connectivity index (χ0) is 48.6. The van der Waals surface area contributed by atoms with Crippen LogP contribution < -0.4 is 0 Å². The number of ether oxygens (including phenoxy) is 3. The number of unbranched alkanes of at least 4 members (excludes halogenated alkanes) is 28. The molecule has 0 N–H and O–H groups in total.